The second-order valence-corrected chi connectivity index (χ2v) is 41.5. The number of aryl methyl sites for hydroxylation is 11. The van der Waals surface area contributed by atoms with E-state index >= 15 is 0 Å². The van der Waals surface area contributed by atoms with E-state index in [2.05, 4.69) is 212 Å². The minimum absolute atomic E-state index is 0.409. The number of fused-ring (bicyclic) bond motifs is 9. The van der Waals surface area contributed by atoms with Gasteiger partial charge in [-0.1, -0.05) is 107 Å². The molecule has 3 spiro atoms. The summed E-state index contributed by atoms with van der Waals surface area (Å²) in [5.41, 5.74) is 22.9. The molecule has 14 aromatic rings. The van der Waals surface area contributed by atoms with Gasteiger partial charge in [-0.05, 0) is 310 Å². The SMILES string of the molecule is Cc1ccc2c(n1)oc1c(-c3cc(C4CCC5(CC4)C(F)(F)C(F)(F)C(F)(F)C(F)(F)C5(F)F)cc[n+]3C)c(C)ccc12.Cc1ccc2c(n1)oc1c(-c3cc(C4CCC5(CCCCC5)CC4)cc[n+]3C)c(C)ccc12.Cc1ccc2c(n1)oc1c(-c3cc(CC4CCC(C)(C)CC4)cc[n+]3C)c(C)ccc12.Cc1ccccc1-c1cc(C2CCC3(CCCCC3)CC2)cc[n+]1C. The van der Waals surface area contributed by atoms with Crippen molar-refractivity contribution in [2.24, 2.45) is 55.8 Å². The van der Waals surface area contributed by atoms with Crippen molar-refractivity contribution in [2.45, 2.75) is 283 Å². The first-order chi connectivity index (χ1) is 62.8. The van der Waals surface area contributed by atoms with Crippen LogP contribution in [0.2, 0.25) is 0 Å². The summed E-state index contributed by atoms with van der Waals surface area (Å²) in [5, 5.41) is 6.02. The summed E-state index contributed by atoms with van der Waals surface area (Å²) in [4.78, 5) is 13.7. The zero-order chi connectivity index (χ0) is 93.2. The van der Waals surface area contributed by atoms with Crippen LogP contribution in [0.1, 0.15) is 260 Å². The molecule has 0 amide bonds. The fourth-order valence-electron chi connectivity index (χ4n) is 24.0. The third kappa shape index (κ3) is 16.4. The maximum absolute atomic E-state index is 15.0. The molecule has 10 heterocycles. The summed E-state index contributed by atoms with van der Waals surface area (Å²) >= 11 is 0. The van der Waals surface area contributed by atoms with Gasteiger partial charge in [0.25, 0.3) is 0 Å². The van der Waals surface area contributed by atoms with Crippen LogP contribution in [0, 0.1) is 76.0 Å². The van der Waals surface area contributed by atoms with E-state index in [-0.39, 0.29) is 0 Å². The van der Waals surface area contributed by atoms with Gasteiger partial charge in [-0.15, -0.1) is 0 Å². The Bertz CT molecular complexity index is 6650. The Labute approximate surface area is 768 Å². The first kappa shape index (κ1) is 92.1. The van der Waals surface area contributed by atoms with Crippen LogP contribution in [-0.4, -0.2) is 44.6 Å². The fourth-order valence-corrected chi connectivity index (χ4v) is 24.0. The molecule has 10 nitrogen and oxygen atoms in total. The summed E-state index contributed by atoms with van der Waals surface area (Å²) in [5.74, 6) is -31.1. The molecule has 0 aliphatic heterocycles. The van der Waals surface area contributed by atoms with E-state index in [0.29, 0.717) is 50.3 Å². The highest BCUT2D eigenvalue weighted by molar-refractivity contribution is 6.11. The van der Waals surface area contributed by atoms with Crippen LogP contribution in [-0.2, 0) is 34.6 Å². The van der Waals surface area contributed by atoms with Crippen molar-refractivity contribution < 1.29 is 75.4 Å². The molecule has 0 unspecified atom stereocenters. The van der Waals surface area contributed by atoms with Crippen molar-refractivity contribution in [2.75, 3.05) is 0 Å². The lowest BCUT2D eigenvalue weighted by atomic mass is 9.55. The zero-order valence-electron chi connectivity index (χ0n) is 78.7. The quantitative estimate of drug-likeness (QED) is 0.106. The molecule has 7 fully saturated rings. The van der Waals surface area contributed by atoms with Gasteiger partial charge in [-0.25, -0.2) is 33.2 Å². The number of nitrogens with zero attached hydrogens (tertiary/aromatic N) is 7. The minimum Gasteiger partial charge on any atom is -0.437 e. The van der Waals surface area contributed by atoms with Gasteiger partial charge in [0.1, 0.15) is 33.6 Å². The van der Waals surface area contributed by atoms with Gasteiger partial charge in [-0.2, -0.15) is 43.9 Å². The molecule has 0 atom stereocenters. The number of hydrogen-bond donors (Lipinski definition) is 0. The molecule has 0 radical (unpaired) electrons. The number of aromatic nitrogens is 7. The molecule has 7 aliphatic carbocycles. The fraction of sp³-hybridized carbons (Fsp3) is 0.473. The van der Waals surface area contributed by atoms with Gasteiger partial charge >= 0.3 is 29.6 Å². The molecule has 692 valence electrons. The highest BCUT2D eigenvalue weighted by atomic mass is 19.4. The Morgan fingerprint density at radius 2 is 0.644 bits per heavy atom. The van der Waals surface area contributed by atoms with Crippen LogP contribution in [0.3, 0.4) is 0 Å². The number of pyridine rings is 7. The number of hydrogen-bond acceptors (Lipinski definition) is 6. The van der Waals surface area contributed by atoms with Crippen LogP contribution >= 0.6 is 0 Å². The lowest BCUT2D eigenvalue weighted by molar-refractivity contribution is -0.660. The third-order valence-electron chi connectivity index (χ3n) is 32.4. The molecule has 0 N–H and O–H groups in total. The first-order valence-corrected chi connectivity index (χ1v) is 48.1. The van der Waals surface area contributed by atoms with Crippen LogP contribution < -0.4 is 18.3 Å². The molecular formula is C112H125F10N7O3+4. The predicted octanol–water partition coefficient (Wildman–Crippen LogP) is 29.6. The van der Waals surface area contributed by atoms with E-state index < -0.39 is 66.6 Å². The number of alkyl halides is 10. The summed E-state index contributed by atoms with van der Waals surface area (Å²) < 4.78 is 172. The van der Waals surface area contributed by atoms with Gasteiger partial charge in [0, 0.05) is 103 Å². The Kier molecular flexibility index (Phi) is 24.5. The molecule has 4 aromatic carbocycles. The summed E-state index contributed by atoms with van der Waals surface area (Å²) in [6, 6.07) is 51.0. The van der Waals surface area contributed by atoms with Crippen molar-refractivity contribution in [3.05, 3.63) is 232 Å². The van der Waals surface area contributed by atoms with E-state index in [1.807, 2.05) is 52.0 Å². The topological polar surface area (TPSA) is 93.6 Å². The van der Waals surface area contributed by atoms with E-state index in [1.165, 1.54) is 209 Å². The van der Waals surface area contributed by atoms with E-state index in [9.17, 15) is 43.9 Å². The summed E-state index contributed by atoms with van der Waals surface area (Å²) in [7, 11) is 8.18. The largest absolute Gasteiger partial charge is 0.437 e. The summed E-state index contributed by atoms with van der Waals surface area (Å²) in [6.45, 7) is 19.1. The van der Waals surface area contributed by atoms with E-state index in [4.69, 9.17) is 13.3 Å². The minimum atomic E-state index is -6.96. The Morgan fingerprint density at radius 1 is 0.318 bits per heavy atom. The average Bonchev–Trinajstić information content (AvgIpc) is 0.911. The Balaban J connectivity index is 0.000000120. The maximum atomic E-state index is 15.0. The monoisotopic (exact) mass is 1810 g/mol. The summed E-state index contributed by atoms with van der Waals surface area (Å²) in [6.07, 6.45) is 36.5. The van der Waals surface area contributed by atoms with Crippen molar-refractivity contribution in [1.29, 1.82) is 0 Å². The van der Waals surface area contributed by atoms with Gasteiger partial charge < -0.3 is 13.3 Å². The van der Waals surface area contributed by atoms with Gasteiger partial charge in [0.15, 0.2) is 41.5 Å². The second kappa shape index (κ2) is 35.1. The van der Waals surface area contributed by atoms with Crippen LogP contribution in [0.4, 0.5) is 43.9 Å². The zero-order valence-corrected chi connectivity index (χ0v) is 78.7. The Morgan fingerprint density at radius 3 is 1.02 bits per heavy atom. The molecule has 0 bridgehead atoms. The number of rotatable bonds is 9. The number of furan rings is 3. The number of benzene rings is 4. The second-order valence-electron chi connectivity index (χ2n) is 41.5. The molecule has 20 heteroatoms. The lowest BCUT2D eigenvalue weighted by Crippen LogP contribution is -2.82. The molecule has 7 aliphatic rings. The van der Waals surface area contributed by atoms with Crippen molar-refractivity contribution in [3.8, 4) is 45.0 Å². The highest BCUT2D eigenvalue weighted by Gasteiger charge is 2.99. The molecular weight excluding hydrogens is 1680 g/mol. The van der Waals surface area contributed by atoms with E-state index in [0.717, 1.165) is 89.4 Å². The highest BCUT2D eigenvalue weighted by Crippen LogP contribution is 2.75. The molecule has 10 aromatic heterocycles. The molecule has 132 heavy (non-hydrogen) atoms. The predicted molar refractivity (Wildman–Crippen MR) is 502 cm³/mol. The van der Waals surface area contributed by atoms with Crippen molar-refractivity contribution >= 4 is 66.2 Å². The van der Waals surface area contributed by atoms with Crippen molar-refractivity contribution in [3.63, 3.8) is 0 Å². The van der Waals surface area contributed by atoms with Crippen LogP contribution in [0.25, 0.3) is 111 Å². The third-order valence-corrected chi connectivity index (χ3v) is 32.4. The normalized spacial score (nSPS) is 20.8. The molecule has 21 rings (SSSR count). The smallest absolute Gasteiger partial charge is 0.384 e. The Hall–Kier alpha value is -10.4. The molecule has 7 saturated carbocycles. The first-order valence-electron chi connectivity index (χ1n) is 48.1. The van der Waals surface area contributed by atoms with E-state index in [1.54, 1.807) is 35.5 Å². The van der Waals surface area contributed by atoms with Gasteiger partial charge in [0.2, 0.25) is 39.9 Å². The van der Waals surface area contributed by atoms with Gasteiger partial charge in [0.05, 0.1) is 16.7 Å². The standard InChI is InChI=1S/C30H25F10N2O.C30H35N2O.C28H33N2O.C24H32N/c1-15-4-6-19-20-7-5-16(2)41-24(20)43-23(19)22(15)21-14-18(10-13-42(21)3)17-8-11-25(12-9-17)26(31,32)28(35,36)30(39,40)29(37,38)27(25,33)34;1-20-7-9-24-25-10-8-21(2)31-29(25)33-28(24)27(20)26-19-23(13-18-32(26)3)22-11-16-30(17-12-22)14-5-4-6-15-30;1-18-6-8-22-23-9-7-19(2)29-27(23)31-26(22)25(18)24-17-21(12-15-30(24)5)16-20-10-13-28(3,4)14-11-20;1-19-8-4-5-9-22(19)23-18-21(12-17-25(23)2)20-10-15-24(16-11-20)13-6-3-7-14-24/h4-7,10,13-14,17H,8-9,11-12H2,1-3H3;7-10,13,18-19,22H,4-6,11-12,14-17H2,1-3H3;6-9,12,15,17,20H,10-11,13-14,16H2,1-5H3;4-5,8-9,12,17-18,20H,3,6-7,10-11,13-16H2,1-2H3/q4*+1. The van der Waals surface area contributed by atoms with Crippen LogP contribution in [0.15, 0.2) is 184 Å². The van der Waals surface area contributed by atoms with Crippen molar-refractivity contribution in [1.82, 2.24) is 15.0 Å². The maximum Gasteiger partial charge on any atom is 0.384 e. The van der Waals surface area contributed by atoms with Crippen LogP contribution in [0.5, 0.6) is 0 Å². The lowest BCUT2D eigenvalue weighted by Gasteiger charge is -2.58. The van der Waals surface area contributed by atoms with Gasteiger partial charge in [-0.3, -0.25) is 0 Å². The average molecular weight is 1810 g/mol. The molecule has 0 saturated heterocycles. The number of halogens is 10.